The first-order chi connectivity index (χ1) is 14.8. The third-order valence-corrected chi connectivity index (χ3v) is 5.91. The Morgan fingerprint density at radius 2 is 1.81 bits per heavy atom. The van der Waals surface area contributed by atoms with Crippen LogP contribution in [0.1, 0.15) is 63.2 Å². The number of benzene rings is 1. The molecule has 0 unspecified atom stereocenters. The molecule has 1 fully saturated rings. The summed E-state index contributed by atoms with van der Waals surface area (Å²) < 4.78 is 0. The lowest BCUT2D eigenvalue weighted by molar-refractivity contribution is 0.0696. The number of hydrogen-bond donors (Lipinski definition) is 1. The summed E-state index contributed by atoms with van der Waals surface area (Å²) in [6.07, 6.45) is 5.64. The van der Waals surface area contributed by atoms with Gasteiger partial charge >= 0.3 is 5.97 Å². The number of piperidine rings is 1. The summed E-state index contributed by atoms with van der Waals surface area (Å²) in [5, 5.41) is 9.45. The summed E-state index contributed by atoms with van der Waals surface area (Å²) in [6, 6.07) is 9.57. The van der Waals surface area contributed by atoms with Gasteiger partial charge in [0.2, 0.25) is 0 Å². The standard InChI is InChI=1S/C25H31N3O3/c1-17(15-23-18(2)26-12-9-22(23)25(30)31)16-28-13-10-20(11-14-28)19-5-7-21(8-6-19)24(29)27(3)4/h5-9,12,15,20H,10-11,13-14,16H2,1-4H3,(H,30,31)/b17-15+. The van der Waals surface area contributed by atoms with Crippen molar-refractivity contribution in [2.75, 3.05) is 33.7 Å². The van der Waals surface area contributed by atoms with Crippen molar-refractivity contribution in [2.45, 2.75) is 32.6 Å². The number of nitrogens with zero attached hydrogens (tertiary/aromatic N) is 3. The van der Waals surface area contributed by atoms with Crippen molar-refractivity contribution in [2.24, 2.45) is 0 Å². The molecule has 0 bridgehead atoms. The molecule has 1 N–H and O–H groups in total. The molecule has 1 aliphatic heterocycles. The van der Waals surface area contributed by atoms with Crippen LogP contribution in [0.15, 0.2) is 42.1 Å². The Morgan fingerprint density at radius 3 is 2.39 bits per heavy atom. The van der Waals surface area contributed by atoms with Crippen LogP contribution in [0, 0.1) is 6.92 Å². The molecule has 0 spiro atoms. The molecule has 6 heteroatoms. The molecule has 0 atom stereocenters. The predicted octanol–water partition coefficient (Wildman–Crippen LogP) is 4.07. The Kier molecular flexibility index (Phi) is 7.23. The van der Waals surface area contributed by atoms with Crippen LogP contribution in [0.5, 0.6) is 0 Å². The van der Waals surface area contributed by atoms with Gasteiger partial charge in [-0.2, -0.15) is 0 Å². The van der Waals surface area contributed by atoms with E-state index in [-0.39, 0.29) is 5.91 Å². The third kappa shape index (κ3) is 5.58. The molecule has 164 valence electrons. The van der Waals surface area contributed by atoms with Gasteiger partial charge in [0, 0.05) is 43.7 Å². The number of aromatic nitrogens is 1. The number of carbonyl (C=O) groups is 2. The number of carboxylic acids is 1. The van der Waals surface area contributed by atoms with Crippen molar-refractivity contribution in [1.82, 2.24) is 14.8 Å². The van der Waals surface area contributed by atoms with Gasteiger partial charge in [-0.3, -0.25) is 14.7 Å². The van der Waals surface area contributed by atoms with Crippen LogP contribution in [0.2, 0.25) is 0 Å². The number of pyridine rings is 1. The van der Waals surface area contributed by atoms with Gasteiger partial charge in [0.15, 0.2) is 0 Å². The van der Waals surface area contributed by atoms with E-state index in [2.05, 4.69) is 22.0 Å². The topological polar surface area (TPSA) is 73.7 Å². The first-order valence-corrected chi connectivity index (χ1v) is 10.7. The van der Waals surface area contributed by atoms with Crippen LogP contribution in [0.3, 0.4) is 0 Å². The fourth-order valence-corrected chi connectivity index (χ4v) is 4.17. The van der Waals surface area contributed by atoms with Gasteiger partial charge in [0.1, 0.15) is 0 Å². The second-order valence-corrected chi connectivity index (χ2v) is 8.53. The Labute approximate surface area is 184 Å². The van der Waals surface area contributed by atoms with Crippen LogP contribution in [-0.4, -0.2) is 65.5 Å². The fraction of sp³-hybridized carbons (Fsp3) is 0.400. The summed E-state index contributed by atoms with van der Waals surface area (Å²) in [4.78, 5) is 31.8. The highest BCUT2D eigenvalue weighted by Gasteiger charge is 2.21. The van der Waals surface area contributed by atoms with E-state index in [1.165, 1.54) is 5.56 Å². The number of rotatable bonds is 6. The zero-order valence-corrected chi connectivity index (χ0v) is 18.8. The Balaban J connectivity index is 1.60. The van der Waals surface area contributed by atoms with Crippen LogP contribution in [0.4, 0.5) is 0 Å². The van der Waals surface area contributed by atoms with Crippen molar-refractivity contribution >= 4 is 18.0 Å². The molecule has 1 amide bonds. The zero-order valence-electron chi connectivity index (χ0n) is 18.8. The molecule has 3 rings (SSSR count). The smallest absolute Gasteiger partial charge is 0.336 e. The quantitative estimate of drug-likeness (QED) is 0.761. The second-order valence-electron chi connectivity index (χ2n) is 8.53. The normalized spacial score (nSPS) is 15.7. The minimum atomic E-state index is -0.927. The molecule has 2 heterocycles. The van der Waals surface area contributed by atoms with Crippen molar-refractivity contribution in [1.29, 1.82) is 0 Å². The molecule has 1 aromatic carbocycles. The van der Waals surface area contributed by atoms with E-state index in [1.54, 1.807) is 31.3 Å². The second kappa shape index (κ2) is 9.88. The maximum absolute atomic E-state index is 12.1. The average Bonchev–Trinajstić information content (AvgIpc) is 2.75. The number of likely N-dealkylation sites (tertiary alicyclic amines) is 1. The van der Waals surface area contributed by atoms with Crippen LogP contribution < -0.4 is 0 Å². The lowest BCUT2D eigenvalue weighted by Gasteiger charge is -2.32. The molecular weight excluding hydrogens is 390 g/mol. The van der Waals surface area contributed by atoms with E-state index < -0.39 is 5.97 Å². The van der Waals surface area contributed by atoms with Crippen LogP contribution >= 0.6 is 0 Å². The van der Waals surface area contributed by atoms with Crippen molar-refractivity contribution in [3.63, 3.8) is 0 Å². The molecule has 0 radical (unpaired) electrons. The number of carbonyl (C=O) groups excluding carboxylic acids is 1. The largest absolute Gasteiger partial charge is 0.478 e. The van der Waals surface area contributed by atoms with Gasteiger partial charge in [0.25, 0.3) is 5.91 Å². The summed E-state index contributed by atoms with van der Waals surface area (Å²) in [5.74, 6) is -0.398. The molecule has 31 heavy (non-hydrogen) atoms. The fourth-order valence-electron chi connectivity index (χ4n) is 4.17. The van der Waals surface area contributed by atoms with Crippen molar-refractivity contribution in [3.05, 3.63) is 70.0 Å². The molecule has 6 nitrogen and oxygen atoms in total. The van der Waals surface area contributed by atoms with E-state index in [4.69, 9.17) is 0 Å². The van der Waals surface area contributed by atoms with E-state index >= 15 is 0 Å². The molecule has 1 aliphatic rings. The van der Waals surface area contributed by atoms with E-state index in [1.807, 2.05) is 32.1 Å². The zero-order chi connectivity index (χ0) is 22.5. The Bertz CT molecular complexity index is 972. The van der Waals surface area contributed by atoms with Gasteiger partial charge in [-0.25, -0.2) is 4.79 Å². The number of aryl methyl sites for hydroxylation is 1. The molecule has 1 saturated heterocycles. The minimum Gasteiger partial charge on any atom is -0.478 e. The van der Waals surface area contributed by atoms with Gasteiger partial charge in [-0.1, -0.05) is 23.8 Å². The number of carboxylic acid groups (broad SMARTS) is 1. The van der Waals surface area contributed by atoms with Gasteiger partial charge < -0.3 is 10.0 Å². The Morgan fingerprint density at radius 1 is 1.16 bits per heavy atom. The lowest BCUT2D eigenvalue weighted by Crippen LogP contribution is -2.34. The summed E-state index contributed by atoms with van der Waals surface area (Å²) in [5.41, 5.74) is 4.85. The number of amides is 1. The lowest BCUT2D eigenvalue weighted by atomic mass is 9.88. The van der Waals surface area contributed by atoms with Crippen LogP contribution in [0.25, 0.3) is 6.08 Å². The van der Waals surface area contributed by atoms with Crippen molar-refractivity contribution in [3.8, 4) is 0 Å². The van der Waals surface area contributed by atoms with Gasteiger partial charge in [-0.05, 0) is 69.5 Å². The summed E-state index contributed by atoms with van der Waals surface area (Å²) in [7, 11) is 3.53. The van der Waals surface area contributed by atoms with E-state index in [0.29, 0.717) is 17.0 Å². The summed E-state index contributed by atoms with van der Waals surface area (Å²) in [6.45, 7) is 6.69. The van der Waals surface area contributed by atoms with E-state index in [9.17, 15) is 14.7 Å². The molecule has 0 aliphatic carbocycles. The molecule has 0 saturated carbocycles. The highest BCUT2D eigenvalue weighted by Crippen LogP contribution is 2.29. The SMILES string of the molecule is C/C(=C\c1c(C(=O)O)ccnc1C)CN1CCC(c2ccc(C(=O)N(C)C)cc2)CC1. The third-order valence-electron chi connectivity index (χ3n) is 5.91. The summed E-state index contributed by atoms with van der Waals surface area (Å²) >= 11 is 0. The highest BCUT2D eigenvalue weighted by atomic mass is 16.4. The van der Waals surface area contributed by atoms with Gasteiger partial charge in [0.05, 0.1) is 5.56 Å². The molecule has 2 aromatic rings. The van der Waals surface area contributed by atoms with Crippen molar-refractivity contribution < 1.29 is 14.7 Å². The first kappa shape index (κ1) is 22.7. The van der Waals surface area contributed by atoms with E-state index in [0.717, 1.165) is 49.3 Å². The number of hydrogen-bond acceptors (Lipinski definition) is 4. The van der Waals surface area contributed by atoms with Crippen LogP contribution in [-0.2, 0) is 0 Å². The Hall–Kier alpha value is -2.99. The average molecular weight is 422 g/mol. The molecule has 1 aromatic heterocycles. The number of aromatic carboxylic acids is 1. The highest BCUT2D eigenvalue weighted by molar-refractivity contribution is 5.94. The maximum Gasteiger partial charge on any atom is 0.336 e. The minimum absolute atomic E-state index is 0.0264. The van der Waals surface area contributed by atoms with Gasteiger partial charge in [-0.15, -0.1) is 0 Å². The molecular formula is C25H31N3O3. The first-order valence-electron chi connectivity index (χ1n) is 10.7. The monoisotopic (exact) mass is 421 g/mol. The predicted molar refractivity (Wildman–Crippen MR) is 122 cm³/mol. The maximum atomic E-state index is 12.1.